The summed E-state index contributed by atoms with van der Waals surface area (Å²) in [6.07, 6.45) is 21.0. The van der Waals surface area contributed by atoms with Crippen LogP contribution in [0.2, 0.25) is 0 Å². The van der Waals surface area contributed by atoms with Crippen LogP contribution < -0.4 is 15.5 Å². The molecule has 2 aromatic rings. The minimum Gasteiger partial charge on any atom is -0.355 e. The van der Waals surface area contributed by atoms with E-state index in [0.29, 0.717) is 18.0 Å². The number of pyridine rings is 1. The summed E-state index contributed by atoms with van der Waals surface area (Å²) < 4.78 is 0. The van der Waals surface area contributed by atoms with Crippen molar-refractivity contribution in [3.63, 3.8) is 0 Å². The Bertz CT molecular complexity index is 992. The van der Waals surface area contributed by atoms with Gasteiger partial charge in [0, 0.05) is 23.6 Å². The van der Waals surface area contributed by atoms with Gasteiger partial charge in [-0.15, -0.1) is 0 Å². The maximum atomic E-state index is 13.2. The van der Waals surface area contributed by atoms with Crippen LogP contribution >= 0.6 is 0 Å². The molecule has 0 aromatic carbocycles. The highest BCUT2D eigenvalue weighted by Crippen LogP contribution is 2.42. The number of nitrogens with zero attached hydrogens (tertiary/aromatic N) is 4. The van der Waals surface area contributed by atoms with Gasteiger partial charge in [0.1, 0.15) is 6.33 Å². The third-order valence-corrected chi connectivity index (χ3v) is 6.23. The van der Waals surface area contributed by atoms with Gasteiger partial charge in [0.2, 0.25) is 0 Å². The van der Waals surface area contributed by atoms with E-state index in [2.05, 4.69) is 42.6 Å². The lowest BCUT2D eigenvalue weighted by Crippen LogP contribution is -2.38. The maximum Gasteiger partial charge on any atom is 0.253 e. The topological polar surface area (TPSA) is 83.0 Å². The fourth-order valence-electron chi connectivity index (χ4n) is 4.48. The average molecular weight is 417 g/mol. The van der Waals surface area contributed by atoms with Crippen LogP contribution in [0.15, 0.2) is 60.7 Å². The summed E-state index contributed by atoms with van der Waals surface area (Å²) in [6, 6.07) is 2.12. The Morgan fingerprint density at radius 2 is 1.77 bits per heavy atom. The molecule has 0 spiro atoms. The quantitative estimate of drug-likeness (QED) is 0.739. The monoisotopic (exact) mass is 416 g/mol. The molecule has 0 bridgehead atoms. The van der Waals surface area contributed by atoms with E-state index in [1.165, 1.54) is 44.1 Å². The van der Waals surface area contributed by atoms with Gasteiger partial charge in [0.25, 0.3) is 5.91 Å². The van der Waals surface area contributed by atoms with Crippen LogP contribution in [-0.2, 0) is 0 Å². The molecule has 0 unspecified atom stereocenters. The number of amides is 1. The third-order valence-electron chi connectivity index (χ3n) is 6.23. The number of anilines is 2. The molecule has 2 aliphatic carbocycles. The standard InChI is InChI=1S/C24H28N6O/c31-24(29-18-4-2-1-3-5-18)21-10-11-25-14-23(21)30-15-19(8-9-22(30)17-6-7-17)28-20-12-26-16-27-13-20/h8-14,16-18,28H,1-7,15H2,(H,29,31). The smallest absolute Gasteiger partial charge is 0.253 e. The Morgan fingerprint density at radius 1 is 0.968 bits per heavy atom. The molecule has 0 radical (unpaired) electrons. The van der Waals surface area contributed by atoms with Crippen molar-refractivity contribution in [2.75, 3.05) is 16.8 Å². The van der Waals surface area contributed by atoms with E-state index in [0.717, 1.165) is 29.9 Å². The fraction of sp³-hybridized carbons (Fsp3) is 0.417. The van der Waals surface area contributed by atoms with E-state index in [1.54, 1.807) is 18.6 Å². The number of rotatable bonds is 6. The number of aromatic nitrogens is 3. The molecule has 2 aromatic heterocycles. The summed E-state index contributed by atoms with van der Waals surface area (Å²) in [6.45, 7) is 0.645. The molecule has 5 rings (SSSR count). The van der Waals surface area contributed by atoms with Crippen molar-refractivity contribution in [2.45, 2.75) is 51.0 Å². The predicted molar refractivity (Wildman–Crippen MR) is 120 cm³/mol. The van der Waals surface area contributed by atoms with Gasteiger partial charge in [0.05, 0.1) is 42.1 Å². The molecule has 3 heterocycles. The molecular formula is C24H28N6O. The molecule has 2 saturated carbocycles. The second-order valence-corrected chi connectivity index (χ2v) is 8.60. The number of hydrogen-bond donors (Lipinski definition) is 2. The second-order valence-electron chi connectivity index (χ2n) is 8.60. The van der Waals surface area contributed by atoms with Crippen molar-refractivity contribution in [2.24, 2.45) is 5.92 Å². The van der Waals surface area contributed by atoms with Gasteiger partial charge in [-0.1, -0.05) is 19.3 Å². The number of allylic oxidation sites excluding steroid dienone is 3. The van der Waals surface area contributed by atoms with E-state index in [1.807, 2.05) is 12.3 Å². The Hall–Kier alpha value is -3.22. The van der Waals surface area contributed by atoms with E-state index < -0.39 is 0 Å². The first-order valence-electron chi connectivity index (χ1n) is 11.2. The highest BCUT2D eigenvalue weighted by Gasteiger charge is 2.33. The minimum absolute atomic E-state index is 0.0000291. The zero-order valence-electron chi connectivity index (χ0n) is 17.6. The largest absolute Gasteiger partial charge is 0.355 e. The van der Waals surface area contributed by atoms with Crippen LogP contribution in [0.4, 0.5) is 11.4 Å². The van der Waals surface area contributed by atoms with Crippen molar-refractivity contribution >= 4 is 17.3 Å². The van der Waals surface area contributed by atoms with Gasteiger partial charge in [-0.05, 0) is 49.8 Å². The Balaban J connectivity index is 1.40. The fourth-order valence-corrected chi connectivity index (χ4v) is 4.48. The minimum atomic E-state index is -0.0000291. The first-order chi connectivity index (χ1) is 15.3. The number of carbonyl (C=O) groups is 1. The Labute approximate surface area is 182 Å². The van der Waals surface area contributed by atoms with Gasteiger partial charge in [0.15, 0.2) is 0 Å². The molecule has 31 heavy (non-hydrogen) atoms. The molecule has 7 nitrogen and oxygen atoms in total. The number of hydrogen-bond acceptors (Lipinski definition) is 6. The zero-order valence-corrected chi connectivity index (χ0v) is 17.6. The molecule has 2 fully saturated rings. The predicted octanol–water partition coefficient (Wildman–Crippen LogP) is 4.04. The van der Waals surface area contributed by atoms with Crippen LogP contribution in [0.25, 0.3) is 0 Å². The zero-order chi connectivity index (χ0) is 21.0. The van der Waals surface area contributed by atoms with Crippen LogP contribution in [0.5, 0.6) is 0 Å². The van der Waals surface area contributed by atoms with Crippen LogP contribution in [0, 0.1) is 5.92 Å². The molecule has 1 aliphatic heterocycles. The molecule has 3 aliphatic rings. The Morgan fingerprint density at radius 3 is 2.55 bits per heavy atom. The maximum absolute atomic E-state index is 13.2. The van der Waals surface area contributed by atoms with E-state index in [9.17, 15) is 4.79 Å². The molecule has 0 atom stereocenters. The van der Waals surface area contributed by atoms with Gasteiger partial charge >= 0.3 is 0 Å². The van der Waals surface area contributed by atoms with Crippen molar-refractivity contribution in [3.8, 4) is 0 Å². The highest BCUT2D eigenvalue weighted by molar-refractivity contribution is 6.00. The van der Waals surface area contributed by atoms with Crippen LogP contribution in [0.1, 0.15) is 55.3 Å². The molecular weight excluding hydrogens is 388 g/mol. The summed E-state index contributed by atoms with van der Waals surface area (Å²) in [5.41, 5.74) is 4.69. The highest BCUT2D eigenvalue weighted by atomic mass is 16.1. The summed E-state index contributed by atoms with van der Waals surface area (Å²) in [5.74, 6) is 0.548. The van der Waals surface area contributed by atoms with Gasteiger partial charge in [-0.25, -0.2) is 9.97 Å². The third kappa shape index (κ3) is 4.60. The second kappa shape index (κ2) is 8.88. The number of nitrogens with one attached hydrogen (secondary N) is 2. The lowest BCUT2D eigenvalue weighted by molar-refractivity contribution is 0.0928. The molecule has 7 heteroatoms. The van der Waals surface area contributed by atoms with Crippen LogP contribution in [0.3, 0.4) is 0 Å². The average Bonchev–Trinajstić information content (AvgIpc) is 3.66. The number of carbonyl (C=O) groups excluding carboxylic acids is 1. The van der Waals surface area contributed by atoms with E-state index in [-0.39, 0.29) is 11.9 Å². The van der Waals surface area contributed by atoms with Gasteiger partial charge in [-0.3, -0.25) is 9.78 Å². The SMILES string of the molecule is O=C(NC1CCCCC1)c1ccncc1N1CC(Nc2cncnc2)=CC=C1C1CC1. The molecule has 2 N–H and O–H groups in total. The lowest BCUT2D eigenvalue weighted by Gasteiger charge is -2.33. The lowest BCUT2D eigenvalue weighted by atomic mass is 9.95. The first kappa shape index (κ1) is 19.7. The summed E-state index contributed by atoms with van der Waals surface area (Å²) in [4.78, 5) is 28.0. The van der Waals surface area contributed by atoms with E-state index in [4.69, 9.17) is 0 Å². The van der Waals surface area contributed by atoms with Gasteiger partial charge in [-0.2, -0.15) is 0 Å². The van der Waals surface area contributed by atoms with Crippen LogP contribution in [-0.4, -0.2) is 33.4 Å². The molecule has 160 valence electrons. The van der Waals surface area contributed by atoms with Gasteiger partial charge < -0.3 is 15.5 Å². The van der Waals surface area contributed by atoms with Crippen molar-refractivity contribution in [1.29, 1.82) is 0 Å². The molecule has 0 saturated heterocycles. The summed E-state index contributed by atoms with van der Waals surface area (Å²) in [5, 5.41) is 6.67. The Kier molecular flexibility index (Phi) is 5.65. The van der Waals surface area contributed by atoms with Crippen molar-refractivity contribution < 1.29 is 4.79 Å². The first-order valence-corrected chi connectivity index (χ1v) is 11.2. The molecule has 1 amide bonds. The van der Waals surface area contributed by atoms with E-state index >= 15 is 0 Å². The van der Waals surface area contributed by atoms with Crippen molar-refractivity contribution in [1.82, 2.24) is 20.3 Å². The van der Waals surface area contributed by atoms with Crippen molar-refractivity contribution in [3.05, 3.63) is 66.3 Å². The normalized spacial score (nSPS) is 19.4. The summed E-state index contributed by atoms with van der Waals surface area (Å²) in [7, 11) is 0. The summed E-state index contributed by atoms with van der Waals surface area (Å²) >= 11 is 0.